The van der Waals surface area contributed by atoms with Gasteiger partial charge in [-0.05, 0) is 155 Å². The van der Waals surface area contributed by atoms with Gasteiger partial charge < -0.3 is 4.57 Å². The summed E-state index contributed by atoms with van der Waals surface area (Å²) in [6.07, 6.45) is 1.05. The van der Waals surface area contributed by atoms with Crippen LogP contribution in [0.15, 0.2) is 332 Å². The quantitative estimate of drug-likeness (QED) is 0.160. The lowest BCUT2D eigenvalue weighted by Crippen LogP contribution is -2.15. The fourth-order valence-electron chi connectivity index (χ4n) is 16.0. The van der Waals surface area contributed by atoms with Crippen molar-refractivity contribution in [2.24, 2.45) is 0 Å². The van der Waals surface area contributed by atoms with E-state index in [0.717, 1.165) is 84.4 Å². The Bertz CT molecular complexity index is 5960. The van der Waals surface area contributed by atoms with Gasteiger partial charge in [0.1, 0.15) is 0 Å². The van der Waals surface area contributed by atoms with E-state index in [0.29, 0.717) is 0 Å². The van der Waals surface area contributed by atoms with Crippen molar-refractivity contribution in [1.82, 2.24) is 24.5 Å². The van der Waals surface area contributed by atoms with E-state index in [2.05, 4.69) is 285 Å². The smallest absolute Gasteiger partial charge is 0.160 e. The molecule has 0 N–H and O–H groups in total. The van der Waals surface area contributed by atoms with E-state index in [-0.39, 0.29) is 10.8 Å². The van der Waals surface area contributed by atoms with Crippen molar-refractivity contribution in [2.45, 2.75) is 44.9 Å². The Morgan fingerprint density at radius 1 is 0.297 bits per heavy atom. The van der Waals surface area contributed by atoms with Crippen molar-refractivity contribution in [3.8, 4) is 107 Å². The molecule has 0 saturated heterocycles. The van der Waals surface area contributed by atoms with Gasteiger partial charge in [0.2, 0.25) is 0 Å². The highest BCUT2D eigenvalue weighted by atomic mass is 79.9. The molecule has 0 radical (unpaired) electrons. The average Bonchev–Trinajstić information content (AvgIpc) is 1.55. The molecule has 0 amide bonds. The molecule has 0 bridgehead atoms. The third kappa shape index (κ3) is 10.8. The van der Waals surface area contributed by atoms with E-state index in [1.165, 1.54) is 110 Å². The minimum absolute atomic E-state index is 0.0811. The molecule has 0 spiro atoms. The number of hydrogen-bond donors (Lipinski definition) is 0. The number of fused-ring (bicyclic) bond motifs is 16. The maximum atomic E-state index is 5.08. The first kappa shape index (κ1) is 61.4. The summed E-state index contributed by atoms with van der Waals surface area (Å²) in [5.74, 6) is 1.46. The molecule has 101 heavy (non-hydrogen) atoms. The summed E-state index contributed by atoms with van der Waals surface area (Å²) in [7, 11) is 0. The summed E-state index contributed by atoms with van der Waals surface area (Å²) in [6, 6.07) is 116. The van der Waals surface area contributed by atoms with E-state index in [4.69, 9.17) is 19.9 Å². The summed E-state index contributed by atoms with van der Waals surface area (Å²) in [5.41, 5.74) is 30.5. The van der Waals surface area contributed by atoms with Crippen LogP contribution in [0, 0.1) is 0 Å². The predicted octanol–water partition coefficient (Wildman–Crippen LogP) is 25.0. The van der Waals surface area contributed by atoms with Crippen molar-refractivity contribution in [1.29, 1.82) is 0 Å². The summed E-state index contributed by atoms with van der Waals surface area (Å²) >= 11 is 3.49. The Morgan fingerprint density at radius 3 is 1.27 bits per heavy atom. The molecule has 20 rings (SSSR count). The van der Waals surface area contributed by atoms with Crippen LogP contribution < -0.4 is 0 Å². The first-order valence-electron chi connectivity index (χ1n) is 34.7. The number of benzene rings is 14. The molecule has 6 heteroatoms. The molecular formula is C95H68BrN5. The fourth-order valence-corrected chi connectivity index (χ4v) is 16.2. The van der Waals surface area contributed by atoms with Crippen LogP contribution in [0.25, 0.3) is 150 Å². The van der Waals surface area contributed by atoms with Gasteiger partial charge in [-0.2, -0.15) is 0 Å². The van der Waals surface area contributed by atoms with Crippen LogP contribution in [0.5, 0.6) is 0 Å². The van der Waals surface area contributed by atoms with Gasteiger partial charge in [0.15, 0.2) is 11.6 Å². The summed E-state index contributed by atoms with van der Waals surface area (Å²) < 4.78 is 3.50. The molecule has 0 saturated carbocycles. The van der Waals surface area contributed by atoms with Crippen molar-refractivity contribution in [3.05, 3.63) is 365 Å². The van der Waals surface area contributed by atoms with Crippen molar-refractivity contribution in [2.75, 3.05) is 0 Å². The Hall–Kier alpha value is -12.0. The molecule has 0 unspecified atom stereocenters. The molecule has 3 aromatic heterocycles. The maximum Gasteiger partial charge on any atom is 0.160 e. The molecule has 17 aromatic rings. The number of halogens is 1. The minimum atomic E-state index is -0.0900. The largest absolute Gasteiger partial charge is 0.309 e. The van der Waals surface area contributed by atoms with Crippen LogP contribution in [0.4, 0.5) is 0 Å². The Labute approximate surface area is 597 Å². The van der Waals surface area contributed by atoms with E-state index in [9.17, 15) is 0 Å². The van der Waals surface area contributed by atoms with Crippen LogP contribution in [0.2, 0.25) is 0 Å². The zero-order valence-corrected chi connectivity index (χ0v) is 58.1. The summed E-state index contributed by atoms with van der Waals surface area (Å²) in [6.45, 7) is 9.44. The zero-order chi connectivity index (χ0) is 67.9. The second-order valence-electron chi connectivity index (χ2n) is 27.8. The van der Waals surface area contributed by atoms with Crippen LogP contribution in [0.1, 0.15) is 61.1 Å². The van der Waals surface area contributed by atoms with E-state index in [1.54, 1.807) is 0 Å². The molecule has 480 valence electrons. The molecule has 3 aliphatic rings. The van der Waals surface area contributed by atoms with Gasteiger partial charge in [0.05, 0.1) is 33.8 Å². The Kier molecular flexibility index (Phi) is 15.1. The minimum Gasteiger partial charge on any atom is -0.309 e. The Balaban J connectivity index is 0.000000120. The lowest BCUT2D eigenvalue weighted by atomic mass is 9.81. The lowest BCUT2D eigenvalue weighted by Gasteiger charge is -2.22. The molecule has 0 atom stereocenters. The number of nitrogens with zero attached hydrogens (tertiary/aromatic N) is 5. The molecule has 14 aromatic carbocycles. The van der Waals surface area contributed by atoms with Crippen LogP contribution in [0.3, 0.4) is 0 Å². The van der Waals surface area contributed by atoms with E-state index < -0.39 is 0 Å². The first-order chi connectivity index (χ1) is 49.5. The molecule has 0 aliphatic heterocycles. The molecule has 5 nitrogen and oxygen atoms in total. The average molecular weight is 1360 g/mol. The highest BCUT2D eigenvalue weighted by molar-refractivity contribution is 9.10. The van der Waals surface area contributed by atoms with Gasteiger partial charge in [-0.3, -0.25) is 0 Å². The lowest BCUT2D eigenvalue weighted by molar-refractivity contribution is 0.659. The van der Waals surface area contributed by atoms with E-state index in [1.807, 2.05) is 91.0 Å². The van der Waals surface area contributed by atoms with Gasteiger partial charge in [-0.15, -0.1) is 0 Å². The monoisotopic (exact) mass is 1360 g/mol. The fraction of sp³-hybridized carbons (Fsp3) is 0.0737. The van der Waals surface area contributed by atoms with Crippen LogP contribution in [-0.4, -0.2) is 24.5 Å². The highest BCUT2D eigenvalue weighted by Crippen LogP contribution is 2.54. The standard InChI is InChI=1S/C47H33N3.C26H20.C22H15BrN2/c1-47(2)39-20-12-11-19-36(39)37-27-38-44(28-40(37)47)50(43-26-23-30-13-9-10-18-35(30)45(38)43)34-24-21-32(22-25-34)42-29-41(31-14-5-3-6-15-31)48-46(49-42)33-16-7-4-8-17-33;1-26(2)23-10-6-5-9-20(23)22-15-21-18(14-24(22)26)13-17-12-11-16-7-3-4-8-19(16)25(17)21;23-19-13-11-17(12-14-19)21-15-20(16-7-3-1-4-8-16)24-22(25-21)18-9-5-2-6-10-18/h3-29H,1-2H3;3-12,14-15H,13H2,1-2H3;1-15H. The summed E-state index contributed by atoms with van der Waals surface area (Å²) in [4.78, 5) is 19.7. The van der Waals surface area contributed by atoms with Gasteiger partial charge in [0, 0.05) is 65.1 Å². The predicted molar refractivity (Wildman–Crippen MR) is 424 cm³/mol. The third-order valence-electron chi connectivity index (χ3n) is 21.0. The van der Waals surface area contributed by atoms with E-state index >= 15 is 0 Å². The van der Waals surface area contributed by atoms with Crippen LogP contribution >= 0.6 is 15.9 Å². The normalized spacial score (nSPS) is 13.1. The van der Waals surface area contributed by atoms with Gasteiger partial charge in [0.25, 0.3) is 0 Å². The van der Waals surface area contributed by atoms with Gasteiger partial charge in [-0.25, -0.2) is 19.9 Å². The van der Waals surface area contributed by atoms with Crippen molar-refractivity contribution < 1.29 is 0 Å². The van der Waals surface area contributed by atoms with Gasteiger partial charge >= 0.3 is 0 Å². The molecule has 0 fully saturated rings. The van der Waals surface area contributed by atoms with Crippen LogP contribution in [-0.2, 0) is 17.3 Å². The highest BCUT2D eigenvalue weighted by Gasteiger charge is 2.38. The summed E-state index contributed by atoms with van der Waals surface area (Å²) in [5, 5.41) is 7.82. The number of hydrogen-bond acceptors (Lipinski definition) is 4. The third-order valence-corrected chi connectivity index (χ3v) is 21.6. The van der Waals surface area contributed by atoms with Gasteiger partial charge in [-0.1, -0.05) is 311 Å². The second-order valence-corrected chi connectivity index (χ2v) is 28.7. The topological polar surface area (TPSA) is 56.5 Å². The van der Waals surface area contributed by atoms with Crippen molar-refractivity contribution in [3.63, 3.8) is 0 Å². The first-order valence-corrected chi connectivity index (χ1v) is 35.5. The molecule has 3 heterocycles. The SMILES string of the molecule is Brc1ccc(-c2cc(-c3ccccc3)nc(-c3ccccc3)n2)cc1.CC1(C)c2ccccc2-c2cc3c(cc21)Cc1ccc2ccccc2c1-3.CC1(C)c2ccccc2-c2cc3c4c5ccccc5ccc4n(-c4ccc(-c5cc(-c6ccccc6)nc(-c6ccccc6)n5)cc4)c3cc21. The molecule has 3 aliphatic carbocycles. The molecular weight excluding hydrogens is 1290 g/mol. The Morgan fingerprint density at radius 2 is 0.723 bits per heavy atom. The maximum absolute atomic E-state index is 5.08. The number of rotatable bonds is 7. The second kappa shape index (κ2) is 24.8. The number of aromatic nitrogens is 5. The zero-order valence-electron chi connectivity index (χ0n) is 56.5. The van der Waals surface area contributed by atoms with Crippen molar-refractivity contribution >= 4 is 59.3 Å².